The molecular formula is C16H18N2O2S. The van der Waals surface area contributed by atoms with Crippen LogP contribution in [0.4, 0.5) is 0 Å². The highest BCUT2D eigenvalue weighted by Gasteiger charge is 2.17. The summed E-state index contributed by atoms with van der Waals surface area (Å²) in [4.78, 5) is 3.86. The first-order chi connectivity index (χ1) is 10.1. The number of aromatic nitrogens is 1. The fourth-order valence-corrected chi connectivity index (χ4v) is 3.06. The first kappa shape index (κ1) is 15.4. The van der Waals surface area contributed by atoms with Crippen LogP contribution in [0.3, 0.4) is 0 Å². The number of hydrogen-bond donors (Lipinski definition) is 1. The summed E-state index contributed by atoms with van der Waals surface area (Å²) >= 11 is 0. The summed E-state index contributed by atoms with van der Waals surface area (Å²) in [6.45, 7) is 1.83. The molecule has 0 spiro atoms. The topological polar surface area (TPSA) is 59.1 Å². The van der Waals surface area contributed by atoms with Crippen LogP contribution < -0.4 is 4.72 Å². The van der Waals surface area contributed by atoms with E-state index >= 15 is 0 Å². The summed E-state index contributed by atoms with van der Waals surface area (Å²) in [6.07, 6.45) is 6.02. The van der Waals surface area contributed by atoms with Gasteiger partial charge >= 0.3 is 0 Å². The van der Waals surface area contributed by atoms with Crippen LogP contribution in [0.1, 0.15) is 18.9 Å². The normalized spacial score (nSPS) is 13.4. The predicted octanol–water partition coefficient (Wildman–Crippen LogP) is 2.85. The number of sulfonamides is 1. The molecule has 0 unspecified atom stereocenters. The Morgan fingerprint density at radius 2 is 1.86 bits per heavy atom. The molecule has 0 saturated carbocycles. The highest BCUT2D eigenvalue weighted by molar-refractivity contribution is 7.89. The molecule has 0 bridgehead atoms. The fraction of sp³-hybridized carbons (Fsp3) is 0.188. The quantitative estimate of drug-likeness (QED) is 0.892. The van der Waals surface area contributed by atoms with Crippen molar-refractivity contribution < 1.29 is 8.42 Å². The molecule has 5 heteroatoms. The third-order valence-corrected chi connectivity index (χ3v) is 4.37. The minimum Gasteiger partial charge on any atom is -0.243 e. The van der Waals surface area contributed by atoms with Crippen LogP contribution in [0.5, 0.6) is 0 Å². The molecule has 2 rings (SSSR count). The lowest BCUT2D eigenvalue weighted by Crippen LogP contribution is -2.32. The van der Waals surface area contributed by atoms with E-state index < -0.39 is 10.0 Å². The molecule has 1 N–H and O–H groups in total. The Morgan fingerprint density at radius 3 is 2.52 bits per heavy atom. The van der Waals surface area contributed by atoms with Crippen molar-refractivity contribution in [1.82, 2.24) is 9.71 Å². The van der Waals surface area contributed by atoms with Gasteiger partial charge in [-0.1, -0.05) is 48.6 Å². The average molecular weight is 302 g/mol. The van der Waals surface area contributed by atoms with E-state index in [4.69, 9.17) is 0 Å². The second kappa shape index (κ2) is 7.15. The zero-order valence-electron chi connectivity index (χ0n) is 11.8. The number of pyridine rings is 1. The van der Waals surface area contributed by atoms with Gasteiger partial charge in [0.15, 0.2) is 5.03 Å². The van der Waals surface area contributed by atoms with Gasteiger partial charge in [-0.3, -0.25) is 0 Å². The van der Waals surface area contributed by atoms with Crippen molar-refractivity contribution in [3.05, 3.63) is 66.4 Å². The number of hydrogen-bond acceptors (Lipinski definition) is 3. The van der Waals surface area contributed by atoms with E-state index in [1.807, 2.05) is 49.4 Å². The van der Waals surface area contributed by atoms with Gasteiger partial charge in [-0.05, 0) is 31.0 Å². The number of nitrogens with one attached hydrogen (secondary N) is 1. The third kappa shape index (κ3) is 4.81. The van der Waals surface area contributed by atoms with Crippen molar-refractivity contribution in [2.45, 2.75) is 24.4 Å². The van der Waals surface area contributed by atoms with E-state index in [1.165, 1.54) is 12.3 Å². The monoisotopic (exact) mass is 302 g/mol. The lowest BCUT2D eigenvalue weighted by atomic mass is 10.2. The molecule has 0 aliphatic rings. The third-order valence-electron chi connectivity index (χ3n) is 2.87. The molecule has 4 nitrogen and oxygen atoms in total. The van der Waals surface area contributed by atoms with Gasteiger partial charge in [0, 0.05) is 12.2 Å². The van der Waals surface area contributed by atoms with Gasteiger partial charge in [0.1, 0.15) is 0 Å². The Bertz CT molecular complexity index is 683. The molecule has 1 heterocycles. The van der Waals surface area contributed by atoms with E-state index in [-0.39, 0.29) is 11.1 Å². The molecular weight excluding hydrogens is 284 g/mol. The summed E-state index contributed by atoms with van der Waals surface area (Å²) in [5.41, 5.74) is 1.09. The Balaban J connectivity index is 1.93. The second-order valence-corrected chi connectivity index (χ2v) is 6.40. The Morgan fingerprint density at radius 1 is 1.14 bits per heavy atom. The lowest BCUT2D eigenvalue weighted by molar-refractivity contribution is 0.558. The molecule has 1 aromatic carbocycles. The first-order valence-corrected chi connectivity index (χ1v) is 8.21. The van der Waals surface area contributed by atoms with Crippen molar-refractivity contribution in [3.63, 3.8) is 0 Å². The van der Waals surface area contributed by atoms with Crippen molar-refractivity contribution in [2.24, 2.45) is 0 Å². The van der Waals surface area contributed by atoms with Crippen molar-refractivity contribution in [2.75, 3.05) is 0 Å². The molecule has 0 aliphatic heterocycles. The van der Waals surface area contributed by atoms with E-state index in [0.29, 0.717) is 6.42 Å². The Kier molecular flexibility index (Phi) is 5.25. The molecule has 21 heavy (non-hydrogen) atoms. The van der Waals surface area contributed by atoms with Gasteiger partial charge in [0.25, 0.3) is 10.0 Å². The Hall–Kier alpha value is -1.98. The van der Waals surface area contributed by atoms with Crippen LogP contribution in [0.2, 0.25) is 0 Å². The van der Waals surface area contributed by atoms with Crippen LogP contribution >= 0.6 is 0 Å². The molecule has 1 atom stereocenters. The zero-order valence-corrected chi connectivity index (χ0v) is 12.6. The molecule has 0 radical (unpaired) electrons. The lowest BCUT2D eigenvalue weighted by Gasteiger charge is -2.11. The minimum atomic E-state index is -3.55. The number of rotatable bonds is 6. The highest BCUT2D eigenvalue weighted by Crippen LogP contribution is 2.07. The largest absolute Gasteiger partial charge is 0.258 e. The molecule has 0 amide bonds. The van der Waals surface area contributed by atoms with E-state index in [0.717, 1.165) is 5.56 Å². The van der Waals surface area contributed by atoms with Crippen LogP contribution in [0.25, 0.3) is 6.08 Å². The number of benzene rings is 1. The fourth-order valence-electron chi connectivity index (χ4n) is 1.85. The van der Waals surface area contributed by atoms with Gasteiger partial charge in [-0.15, -0.1) is 0 Å². The summed E-state index contributed by atoms with van der Waals surface area (Å²) in [7, 11) is -3.55. The van der Waals surface area contributed by atoms with Crippen LogP contribution in [-0.4, -0.2) is 19.4 Å². The van der Waals surface area contributed by atoms with Gasteiger partial charge < -0.3 is 0 Å². The first-order valence-electron chi connectivity index (χ1n) is 6.73. The summed E-state index contributed by atoms with van der Waals surface area (Å²) in [5.74, 6) is 0. The molecule has 2 aromatic rings. The molecule has 0 saturated heterocycles. The van der Waals surface area contributed by atoms with E-state index in [1.54, 1.807) is 12.1 Å². The summed E-state index contributed by atoms with van der Waals surface area (Å²) in [5, 5.41) is 0.0453. The van der Waals surface area contributed by atoms with Crippen LogP contribution in [0, 0.1) is 0 Å². The predicted molar refractivity (Wildman–Crippen MR) is 84.1 cm³/mol. The van der Waals surface area contributed by atoms with Gasteiger partial charge in [0.2, 0.25) is 0 Å². The average Bonchev–Trinajstić information content (AvgIpc) is 2.49. The Labute approximate surface area is 125 Å². The molecule has 1 aromatic heterocycles. The minimum absolute atomic E-state index is 0.0453. The summed E-state index contributed by atoms with van der Waals surface area (Å²) in [6, 6.07) is 14.5. The van der Waals surface area contributed by atoms with Crippen LogP contribution in [-0.2, 0) is 10.0 Å². The molecule has 0 fully saturated rings. The van der Waals surface area contributed by atoms with Gasteiger partial charge in [-0.2, -0.15) is 0 Å². The maximum Gasteiger partial charge on any atom is 0.258 e. The smallest absolute Gasteiger partial charge is 0.243 e. The zero-order chi connectivity index (χ0) is 15.1. The molecule has 110 valence electrons. The molecule has 0 aliphatic carbocycles. The second-order valence-electron chi connectivity index (χ2n) is 4.74. The van der Waals surface area contributed by atoms with Crippen LogP contribution in [0.15, 0.2) is 65.8 Å². The maximum atomic E-state index is 12.1. The highest BCUT2D eigenvalue weighted by atomic mass is 32.2. The maximum absolute atomic E-state index is 12.1. The summed E-state index contributed by atoms with van der Waals surface area (Å²) < 4.78 is 26.8. The van der Waals surface area contributed by atoms with E-state index in [9.17, 15) is 8.42 Å². The standard InChI is InChI=1S/C16H18N2O2S/c1-14(8-7-11-15-9-3-2-4-10-15)18-21(19,20)16-12-5-6-13-17-16/h2-7,9-14,18H,8H2,1H3/b11-7+/t14-/m1/s1. The van der Waals surface area contributed by atoms with Gasteiger partial charge in [-0.25, -0.2) is 18.1 Å². The van der Waals surface area contributed by atoms with Crippen molar-refractivity contribution >= 4 is 16.1 Å². The van der Waals surface area contributed by atoms with Crippen molar-refractivity contribution in [1.29, 1.82) is 0 Å². The van der Waals surface area contributed by atoms with Crippen molar-refractivity contribution in [3.8, 4) is 0 Å². The SMILES string of the molecule is C[C@H](C/C=C/c1ccccc1)NS(=O)(=O)c1ccccn1. The number of nitrogens with zero attached hydrogens (tertiary/aromatic N) is 1. The van der Waals surface area contributed by atoms with E-state index in [2.05, 4.69) is 9.71 Å². The van der Waals surface area contributed by atoms with Gasteiger partial charge in [0.05, 0.1) is 0 Å².